The van der Waals surface area contributed by atoms with Gasteiger partial charge in [0.05, 0.1) is 47.2 Å². The van der Waals surface area contributed by atoms with Crippen molar-refractivity contribution in [2.75, 3.05) is 19.8 Å². The van der Waals surface area contributed by atoms with Crippen LogP contribution in [-0.4, -0.2) is 60.0 Å². The molecule has 1 atom stereocenters. The van der Waals surface area contributed by atoms with E-state index in [2.05, 4.69) is 6.58 Å². The molecule has 0 aliphatic carbocycles. The number of pyridine rings is 1. The molecule has 1 aliphatic rings. The fourth-order valence-corrected chi connectivity index (χ4v) is 7.18. The van der Waals surface area contributed by atoms with Gasteiger partial charge in [0, 0.05) is 46.9 Å². The second-order valence-corrected chi connectivity index (χ2v) is 12.1. The number of aliphatic hydroxyl groups excluding tert-OH is 1. The summed E-state index contributed by atoms with van der Waals surface area (Å²) in [5.74, 6) is -0.992. The summed E-state index contributed by atoms with van der Waals surface area (Å²) in [6.07, 6.45) is 1.30. The molecule has 234 valence electrons. The minimum atomic E-state index is -0.830. The van der Waals surface area contributed by atoms with E-state index in [-0.39, 0.29) is 36.5 Å². The van der Waals surface area contributed by atoms with Crippen molar-refractivity contribution >= 4 is 38.4 Å². The summed E-state index contributed by atoms with van der Waals surface area (Å²) in [5.41, 5.74) is 5.32. The highest BCUT2D eigenvalue weighted by Gasteiger charge is 2.31. The van der Waals surface area contributed by atoms with Gasteiger partial charge >= 0.3 is 0 Å². The average Bonchev–Trinajstić information content (AvgIpc) is 3.77. The van der Waals surface area contributed by atoms with Crippen LogP contribution in [0.3, 0.4) is 0 Å². The molecule has 1 unspecified atom stereocenters. The topological polar surface area (TPSA) is 98.3 Å². The number of hydrogen-bond acceptors (Lipinski definition) is 7. The lowest BCUT2D eigenvalue weighted by Crippen LogP contribution is -2.40. The standard InChI is InChI=1S/C34H30F2N6O3S/c1-5-29(44)41-9-10-42-27(18(41)2)17-25(39-42)33-31(30-23(36)15-21(35)16-28(30)45-12-11-43)34-22(8-13-46-34)32(38-33)20-6-7-26-24(14-20)37-19(3)40(26)4/h5-8,13-18,43H,1,9-12H2,2-4H3. The Bertz CT molecular complexity index is 2190. The van der Waals surface area contributed by atoms with Crippen molar-refractivity contribution in [3.63, 3.8) is 0 Å². The van der Waals surface area contributed by atoms with Crippen LogP contribution in [0.2, 0.25) is 0 Å². The number of aliphatic hydroxyl groups is 1. The number of amides is 1. The molecule has 46 heavy (non-hydrogen) atoms. The van der Waals surface area contributed by atoms with Crippen LogP contribution in [0, 0.1) is 18.6 Å². The zero-order valence-corrected chi connectivity index (χ0v) is 26.2. The molecule has 12 heteroatoms. The molecule has 1 aliphatic heterocycles. The molecule has 1 amide bonds. The van der Waals surface area contributed by atoms with E-state index >= 15 is 4.39 Å². The normalized spacial score (nSPS) is 14.7. The van der Waals surface area contributed by atoms with Crippen molar-refractivity contribution in [3.8, 4) is 39.5 Å². The summed E-state index contributed by atoms with van der Waals surface area (Å²) in [4.78, 5) is 24.2. The Morgan fingerprint density at radius 2 is 1.96 bits per heavy atom. The highest BCUT2D eigenvalue weighted by atomic mass is 32.1. The van der Waals surface area contributed by atoms with E-state index in [4.69, 9.17) is 19.8 Å². The Kier molecular flexibility index (Phi) is 7.41. The van der Waals surface area contributed by atoms with E-state index in [0.29, 0.717) is 40.4 Å². The summed E-state index contributed by atoms with van der Waals surface area (Å²) >= 11 is 1.40. The van der Waals surface area contributed by atoms with Gasteiger partial charge in [-0.25, -0.2) is 18.7 Å². The molecule has 7 rings (SSSR count). The monoisotopic (exact) mass is 640 g/mol. The van der Waals surface area contributed by atoms with Crippen LogP contribution in [0.5, 0.6) is 5.75 Å². The smallest absolute Gasteiger partial charge is 0.246 e. The Balaban J connectivity index is 1.52. The van der Waals surface area contributed by atoms with Gasteiger partial charge in [-0.2, -0.15) is 5.10 Å². The number of aromatic nitrogens is 5. The zero-order valence-electron chi connectivity index (χ0n) is 25.4. The molecule has 0 saturated heterocycles. The van der Waals surface area contributed by atoms with Crippen LogP contribution in [0.4, 0.5) is 8.78 Å². The molecule has 6 aromatic rings. The van der Waals surface area contributed by atoms with Crippen LogP contribution in [0.1, 0.15) is 24.5 Å². The van der Waals surface area contributed by atoms with Crippen LogP contribution < -0.4 is 4.74 Å². The lowest BCUT2D eigenvalue weighted by Gasteiger charge is -2.33. The van der Waals surface area contributed by atoms with E-state index in [9.17, 15) is 14.3 Å². The summed E-state index contributed by atoms with van der Waals surface area (Å²) in [7, 11) is 1.96. The Morgan fingerprint density at radius 3 is 2.74 bits per heavy atom. The van der Waals surface area contributed by atoms with E-state index < -0.39 is 11.6 Å². The maximum absolute atomic E-state index is 16.0. The summed E-state index contributed by atoms with van der Waals surface area (Å²) < 4.78 is 40.8. The number of fused-ring (bicyclic) bond motifs is 3. The first-order valence-corrected chi connectivity index (χ1v) is 15.7. The Labute approximate surface area is 267 Å². The van der Waals surface area contributed by atoms with Crippen molar-refractivity contribution in [2.24, 2.45) is 7.05 Å². The lowest BCUT2D eigenvalue weighted by atomic mass is 9.96. The third kappa shape index (κ3) is 4.76. The van der Waals surface area contributed by atoms with Gasteiger partial charge in [0.1, 0.15) is 41.2 Å². The third-order valence-corrected chi connectivity index (χ3v) is 9.49. The Morgan fingerprint density at radius 1 is 1.13 bits per heavy atom. The molecular weight excluding hydrogens is 610 g/mol. The molecule has 2 aromatic carbocycles. The number of carbonyl (C=O) groups excluding carboxylic acids is 1. The molecule has 0 bridgehead atoms. The third-order valence-electron chi connectivity index (χ3n) is 8.56. The molecule has 1 N–H and O–H groups in total. The second kappa shape index (κ2) is 11.5. The number of benzene rings is 2. The van der Waals surface area contributed by atoms with Crippen LogP contribution in [-0.2, 0) is 18.4 Å². The van der Waals surface area contributed by atoms with Gasteiger partial charge in [0.15, 0.2) is 0 Å². The predicted octanol–water partition coefficient (Wildman–Crippen LogP) is 6.43. The first-order chi connectivity index (χ1) is 22.2. The van der Waals surface area contributed by atoms with Gasteiger partial charge in [0.2, 0.25) is 5.91 Å². The second-order valence-electron chi connectivity index (χ2n) is 11.2. The maximum atomic E-state index is 16.0. The van der Waals surface area contributed by atoms with Crippen molar-refractivity contribution in [1.82, 2.24) is 29.2 Å². The minimum absolute atomic E-state index is 0.0228. The SMILES string of the molecule is C=CC(=O)N1CCn2nc(-c3nc(-c4ccc5c(c4)nc(C)n5C)c4ccsc4c3-c3c(F)cc(F)cc3OCCO)cc2C1C. The summed E-state index contributed by atoms with van der Waals surface area (Å²) in [5, 5.41) is 17.1. The molecule has 0 fully saturated rings. The van der Waals surface area contributed by atoms with E-state index in [0.717, 1.165) is 45.6 Å². The first-order valence-electron chi connectivity index (χ1n) is 14.8. The van der Waals surface area contributed by atoms with Crippen molar-refractivity contribution in [3.05, 3.63) is 83.7 Å². The van der Waals surface area contributed by atoms with Crippen molar-refractivity contribution < 1.29 is 23.4 Å². The molecule has 0 radical (unpaired) electrons. The lowest BCUT2D eigenvalue weighted by molar-refractivity contribution is -0.129. The number of thiophene rings is 1. The van der Waals surface area contributed by atoms with Crippen molar-refractivity contribution in [1.29, 1.82) is 0 Å². The van der Waals surface area contributed by atoms with Gasteiger partial charge in [-0.3, -0.25) is 9.48 Å². The number of nitrogens with zero attached hydrogens (tertiary/aromatic N) is 6. The predicted molar refractivity (Wildman–Crippen MR) is 174 cm³/mol. The van der Waals surface area contributed by atoms with E-state index in [1.807, 2.05) is 65.9 Å². The average molecular weight is 641 g/mol. The Hall–Kier alpha value is -4.94. The minimum Gasteiger partial charge on any atom is -0.490 e. The first kappa shape index (κ1) is 29.8. The van der Waals surface area contributed by atoms with Crippen molar-refractivity contribution in [2.45, 2.75) is 26.4 Å². The number of carbonyl (C=O) groups is 1. The largest absolute Gasteiger partial charge is 0.490 e. The number of ether oxygens (including phenoxy) is 1. The van der Waals surface area contributed by atoms with E-state index in [1.54, 1.807) is 4.90 Å². The summed E-state index contributed by atoms with van der Waals surface area (Å²) in [6, 6.07) is 11.4. The van der Waals surface area contributed by atoms with Gasteiger partial charge in [-0.05, 0) is 49.6 Å². The number of rotatable bonds is 7. The zero-order chi connectivity index (χ0) is 32.3. The highest BCUT2D eigenvalue weighted by Crippen LogP contribution is 2.47. The van der Waals surface area contributed by atoms with Gasteiger partial charge < -0.3 is 19.3 Å². The molecule has 5 heterocycles. The number of imidazole rings is 1. The van der Waals surface area contributed by atoms with Gasteiger partial charge in [-0.1, -0.05) is 12.6 Å². The van der Waals surface area contributed by atoms with Crippen LogP contribution >= 0.6 is 11.3 Å². The van der Waals surface area contributed by atoms with E-state index in [1.165, 1.54) is 17.4 Å². The molecule has 9 nitrogen and oxygen atoms in total. The molecule has 0 saturated carbocycles. The van der Waals surface area contributed by atoms with Crippen LogP contribution in [0.25, 0.3) is 54.9 Å². The van der Waals surface area contributed by atoms with Gasteiger partial charge in [-0.15, -0.1) is 11.3 Å². The van der Waals surface area contributed by atoms with Gasteiger partial charge in [0.25, 0.3) is 0 Å². The molecule has 0 spiro atoms. The molecule has 4 aromatic heterocycles. The number of halogens is 2. The maximum Gasteiger partial charge on any atom is 0.246 e. The quantitative estimate of drug-likeness (QED) is 0.202. The van der Waals surface area contributed by atoms with Crippen LogP contribution in [0.15, 0.2) is 60.5 Å². The number of hydrogen-bond donors (Lipinski definition) is 1. The number of aryl methyl sites for hydroxylation is 2. The fourth-order valence-electron chi connectivity index (χ4n) is 6.23. The highest BCUT2D eigenvalue weighted by molar-refractivity contribution is 7.18. The summed E-state index contributed by atoms with van der Waals surface area (Å²) in [6.45, 7) is 7.91. The fraction of sp³-hybridized carbons (Fsp3) is 0.235. The molecular formula is C34H30F2N6O3S.